The van der Waals surface area contributed by atoms with E-state index in [0.29, 0.717) is 18.5 Å². The Bertz CT molecular complexity index is 668. The van der Waals surface area contributed by atoms with Gasteiger partial charge in [0.25, 0.3) is 0 Å². The highest BCUT2D eigenvalue weighted by Gasteiger charge is 2.14. The van der Waals surface area contributed by atoms with Gasteiger partial charge in [-0.3, -0.25) is 0 Å². The normalized spacial score (nSPS) is 15.1. The van der Waals surface area contributed by atoms with Gasteiger partial charge in [0.1, 0.15) is 11.6 Å². The van der Waals surface area contributed by atoms with Crippen molar-refractivity contribution in [2.24, 2.45) is 0 Å². The number of benzene rings is 1. The van der Waals surface area contributed by atoms with Crippen molar-refractivity contribution in [1.29, 1.82) is 0 Å². The molecule has 0 atom stereocenters. The first-order chi connectivity index (χ1) is 11.7. The smallest absolute Gasteiger partial charge is 0.225 e. The van der Waals surface area contributed by atoms with Gasteiger partial charge in [-0.15, -0.1) is 0 Å². The monoisotopic (exact) mass is 326 g/mol. The maximum absolute atomic E-state index is 5.39. The van der Waals surface area contributed by atoms with E-state index in [9.17, 15) is 0 Å². The quantitative estimate of drug-likeness (QED) is 0.835. The molecule has 2 aromatic rings. The lowest BCUT2D eigenvalue weighted by Crippen LogP contribution is -2.23. The van der Waals surface area contributed by atoms with Gasteiger partial charge in [-0.2, -0.15) is 4.98 Å². The summed E-state index contributed by atoms with van der Waals surface area (Å²) >= 11 is 0. The molecule has 0 unspecified atom stereocenters. The van der Waals surface area contributed by atoms with Gasteiger partial charge in [-0.05, 0) is 25.8 Å². The van der Waals surface area contributed by atoms with Crippen LogP contribution in [-0.2, 0) is 6.54 Å². The number of rotatable bonds is 6. The third-order valence-corrected chi connectivity index (χ3v) is 4.44. The zero-order valence-corrected chi connectivity index (χ0v) is 14.5. The largest absolute Gasteiger partial charge is 0.496 e. The highest BCUT2D eigenvalue weighted by Crippen LogP contribution is 2.22. The molecule has 5 nitrogen and oxygen atoms in total. The summed E-state index contributed by atoms with van der Waals surface area (Å²) in [4.78, 5) is 9.12. The van der Waals surface area contributed by atoms with Crippen molar-refractivity contribution < 1.29 is 4.74 Å². The van der Waals surface area contributed by atoms with E-state index < -0.39 is 0 Å². The minimum absolute atomic E-state index is 0.537. The van der Waals surface area contributed by atoms with E-state index >= 15 is 0 Å². The van der Waals surface area contributed by atoms with Crippen LogP contribution in [0.3, 0.4) is 0 Å². The molecule has 3 rings (SSSR count). The standard InChI is InChI=1S/C19H26N4O/c1-14-12-18(22-16-9-4-3-5-10-16)23-19(21-14)20-13-15-8-6-7-11-17(15)24-2/h6-8,11-12,16H,3-5,9-10,13H2,1-2H3,(H2,20,21,22,23). The van der Waals surface area contributed by atoms with Gasteiger partial charge in [0, 0.05) is 29.9 Å². The summed E-state index contributed by atoms with van der Waals surface area (Å²) in [5.41, 5.74) is 2.05. The molecule has 0 aliphatic heterocycles. The molecular formula is C19H26N4O. The lowest BCUT2D eigenvalue weighted by atomic mass is 9.95. The van der Waals surface area contributed by atoms with Crippen LogP contribution < -0.4 is 15.4 Å². The number of aryl methyl sites for hydroxylation is 1. The second-order valence-corrected chi connectivity index (χ2v) is 6.36. The van der Waals surface area contributed by atoms with Crippen LogP contribution in [0.15, 0.2) is 30.3 Å². The fourth-order valence-corrected chi connectivity index (χ4v) is 3.20. The predicted molar refractivity (Wildman–Crippen MR) is 97.6 cm³/mol. The molecule has 1 heterocycles. The highest BCUT2D eigenvalue weighted by atomic mass is 16.5. The number of methoxy groups -OCH3 is 1. The highest BCUT2D eigenvalue weighted by molar-refractivity contribution is 5.44. The molecule has 1 saturated carbocycles. The van der Waals surface area contributed by atoms with Gasteiger partial charge < -0.3 is 15.4 Å². The number of aromatic nitrogens is 2. The van der Waals surface area contributed by atoms with Crippen LogP contribution in [0.5, 0.6) is 5.75 Å². The summed E-state index contributed by atoms with van der Waals surface area (Å²) in [6, 6.07) is 10.5. The molecule has 0 radical (unpaired) electrons. The van der Waals surface area contributed by atoms with Gasteiger partial charge in [0.15, 0.2) is 0 Å². The van der Waals surface area contributed by atoms with Crippen molar-refractivity contribution in [3.05, 3.63) is 41.6 Å². The van der Waals surface area contributed by atoms with Crippen molar-refractivity contribution in [3.8, 4) is 5.75 Å². The number of hydrogen-bond acceptors (Lipinski definition) is 5. The first-order valence-corrected chi connectivity index (χ1v) is 8.72. The summed E-state index contributed by atoms with van der Waals surface area (Å²) < 4.78 is 5.39. The van der Waals surface area contributed by atoms with E-state index in [1.807, 2.05) is 37.3 Å². The van der Waals surface area contributed by atoms with E-state index in [1.165, 1.54) is 32.1 Å². The topological polar surface area (TPSA) is 59.1 Å². The number of hydrogen-bond donors (Lipinski definition) is 2. The van der Waals surface area contributed by atoms with Crippen molar-refractivity contribution >= 4 is 11.8 Å². The van der Waals surface area contributed by atoms with Crippen LogP contribution >= 0.6 is 0 Å². The van der Waals surface area contributed by atoms with Crippen LogP contribution in [0.25, 0.3) is 0 Å². The second kappa shape index (κ2) is 7.99. The summed E-state index contributed by atoms with van der Waals surface area (Å²) in [5, 5.41) is 6.88. The first kappa shape index (κ1) is 16.6. The molecule has 1 aliphatic rings. The second-order valence-electron chi connectivity index (χ2n) is 6.36. The van der Waals surface area contributed by atoms with Crippen molar-refractivity contribution in [2.75, 3.05) is 17.7 Å². The Morgan fingerprint density at radius 1 is 1.12 bits per heavy atom. The van der Waals surface area contributed by atoms with Gasteiger partial charge in [0.2, 0.25) is 5.95 Å². The van der Waals surface area contributed by atoms with E-state index in [0.717, 1.165) is 22.8 Å². The number of ether oxygens (including phenoxy) is 1. The van der Waals surface area contributed by atoms with Crippen molar-refractivity contribution in [1.82, 2.24) is 9.97 Å². The SMILES string of the molecule is COc1ccccc1CNc1nc(C)cc(NC2CCCCC2)n1. The lowest BCUT2D eigenvalue weighted by molar-refractivity contribution is 0.410. The van der Waals surface area contributed by atoms with Gasteiger partial charge >= 0.3 is 0 Å². The Balaban J connectivity index is 1.67. The fraction of sp³-hybridized carbons (Fsp3) is 0.474. The molecular weight excluding hydrogens is 300 g/mol. The van der Waals surface area contributed by atoms with E-state index in [4.69, 9.17) is 4.74 Å². The maximum Gasteiger partial charge on any atom is 0.225 e. The predicted octanol–water partition coefficient (Wildman–Crippen LogP) is 4.15. The fourth-order valence-electron chi connectivity index (χ4n) is 3.20. The maximum atomic E-state index is 5.39. The molecule has 1 fully saturated rings. The third kappa shape index (κ3) is 4.37. The minimum atomic E-state index is 0.537. The Kier molecular flexibility index (Phi) is 5.51. The molecule has 0 saturated heterocycles. The lowest BCUT2D eigenvalue weighted by Gasteiger charge is -2.23. The molecule has 1 aromatic carbocycles. The van der Waals surface area contributed by atoms with Crippen LogP contribution in [0, 0.1) is 6.92 Å². The van der Waals surface area contributed by atoms with Crippen LogP contribution in [0.2, 0.25) is 0 Å². The molecule has 1 aliphatic carbocycles. The van der Waals surface area contributed by atoms with E-state index in [-0.39, 0.29) is 0 Å². The first-order valence-electron chi connectivity index (χ1n) is 8.72. The Morgan fingerprint density at radius 2 is 1.92 bits per heavy atom. The molecule has 2 N–H and O–H groups in total. The van der Waals surface area contributed by atoms with Gasteiger partial charge in [-0.25, -0.2) is 4.98 Å². The zero-order valence-electron chi connectivity index (χ0n) is 14.5. The number of nitrogens with zero attached hydrogens (tertiary/aromatic N) is 2. The third-order valence-electron chi connectivity index (χ3n) is 4.44. The average Bonchev–Trinajstić information content (AvgIpc) is 2.60. The van der Waals surface area contributed by atoms with Crippen LogP contribution in [0.1, 0.15) is 43.4 Å². The number of para-hydroxylation sites is 1. The summed E-state index contributed by atoms with van der Waals surface area (Å²) in [6.45, 7) is 2.64. The molecule has 0 bridgehead atoms. The van der Waals surface area contributed by atoms with Crippen LogP contribution in [-0.4, -0.2) is 23.1 Å². The molecule has 1 aromatic heterocycles. The average molecular weight is 326 g/mol. The Hall–Kier alpha value is -2.30. The molecule has 24 heavy (non-hydrogen) atoms. The van der Waals surface area contributed by atoms with Gasteiger partial charge in [0.05, 0.1) is 7.11 Å². The minimum Gasteiger partial charge on any atom is -0.496 e. The number of anilines is 2. The summed E-state index contributed by atoms with van der Waals surface area (Å²) in [7, 11) is 1.69. The Morgan fingerprint density at radius 3 is 2.71 bits per heavy atom. The Labute approximate surface area is 143 Å². The molecule has 5 heteroatoms. The van der Waals surface area contributed by atoms with E-state index in [1.54, 1.807) is 7.11 Å². The summed E-state index contributed by atoms with van der Waals surface area (Å²) in [5.74, 6) is 2.44. The molecule has 0 amide bonds. The summed E-state index contributed by atoms with van der Waals surface area (Å²) in [6.07, 6.45) is 6.42. The zero-order chi connectivity index (χ0) is 16.8. The molecule has 0 spiro atoms. The van der Waals surface area contributed by atoms with E-state index in [2.05, 4.69) is 20.6 Å². The van der Waals surface area contributed by atoms with Crippen molar-refractivity contribution in [3.63, 3.8) is 0 Å². The van der Waals surface area contributed by atoms with Crippen molar-refractivity contribution in [2.45, 2.75) is 51.6 Å². The molecule has 128 valence electrons. The van der Waals surface area contributed by atoms with Crippen LogP contribution in [0.4, 0.5) is 11.8 Å². The van der Waals surface area contributed by atoms with Gasteiger partial charge in [-0.1, -0.05) is 37.5 Å². The number of nitrogens with one attached hydrogen (secondary N) is 2.